The predicted molar refractivity (Wildman–Crippen MR) is 75.7 cm³/mol. The van der Waals surface area contributed by atoms with Crippen molar-refractivity contribution in [3.05, 3.63) is 65.0 Å². The van der Waals surface area contributed by atoms with Gasteiger partial charge >= 0.3 is 0 Å². The highest BCUT2D eigenvalue weighted by Crippen LogP contribution is 2.38. The second-order valence-electron chi connectivity index (χ2n) is 4.80. The zero-order valence-electron chi connectivity index (χ0n) is 10.5. The van der Waals surface area contributed by atoms with Crippen LogP contribution in [0.3, 0.4) is 0 Å². The molecule has 0 aliphatic heterocycles. The summed E-state index contributed by atoms with van der Waals surface area (Å²) in [5, 5.41) is 9.84. The van der Waals surface area contributed by atoms with Crippen molar-refractivity contribution in [3.8, 4) is 0 Å². The van der Waals surface area contributed by atoms with Crippen LogP contribution >= 0.6 is 11.8 Å². The van der Waals surface area contributed by atoms with Crippen LogP contribution in [0.2, 0.25) is 0 Å². The number of thioether (sulfide) groups is 1. The lowest BCUT2D eigenvalue weighted by Crippen LogP contribution is -1.93. The minimum absolute atomic E-state index is 0.254. The molecule has 2 aromatic carbocycles. The SMILES string of the molecule is OC1CCc2c(SCc3ccccc3)cc(F)cc21. The standard InChI is InChI=1S/C16H15FOS/c17-12-8-14-13(6-7-15(14)18)16(9-12)19-10-11-4-2-1-3-5-11/h1-5,8-9,15,18H,6-7,10H2. The summed E-state index contributed by atoms with van der Waals surface area (Å²) in [7, 11) is 0. The van der Waals surface area contributed by atoms with Crippen LogP contribution in [-0.2, 0) is 12.2 Å². The van der Waals surface area contributed by atoms with Gasteiger partial charge < -0.3 is 5.11 Å². The molecule has 1 unspecified atom stereocenters. The van der Waals surface area contributed by atoms with E-state index >= 15 is 0 Å². The molecule has 1 atom stereocenters. The molecule has 1 nitrogen and oxygen atoms in total. The van der Waals surface area contributed by atoms with Gasteiger partial charge in [-0.2, -0.15) is 0 Å². The van der Waals surface area contributed by atoms with E-state index < -0.39 is 6.10 Å². The second-order valence-corrected chi connectivity index (χ2v) is 5.82. The Kier molecular flexibility index (Phi) is 3.58. The number of halogens is 1. The van der Waals surface area contributed by atoms with Crippen LogP contribution < -0.4 is 0 Å². The summed E-state index contributed by atoms with van der Waals surface area (Å²) in [6.07, 6.45) is 1.05. The first-order valence-corrected chi connectivity index (χ1v) is 7.39. The fourth-order valence-corrected chi connectivity index (χ4v) is 3.60. The van der Waals surface area contributed by atoms with Crippen molar-refractivity contribution in [1.82, 2.24) is 0 Å². The van der Waals surface area contributed by atoms with Crippen molar-refractivity contribution < 1.29 is 9.50 Å². The average Bonchev–Trinajstić information content (AvgIpc) is 2.79. The Morgan fingerprint density at radius 3 is 2.79 bits per heavy atom. The number of benzene rings is 2. The Bertz CT molecular complexity index is 583. The molecule has 98 valence electrons. The molecule has 1 N–H and O–H groups in total. The molecule has 3 rings (SSSR count). The maximum Gasteiger partial charge on any atom is 0.124 e. The minimum atomic E-state index is -0.498. The summed E-state index contributed by atoms with van der Waals surface area (Å²) in [6.45, 7) is 0. The van der Waals surface area contributed by atoms with Gasteiger partial charge in [-0.25, -0.2) is 4.39 Å². The van der Waals surface area contributed by atoms with Gasteiger partial charge in [0, 0.05) is 10.6 Å². The molecule has 0 bridgehead atoms. The number of aliphatic hydroxyl groups excluding tert-OH is 1. The van der Waals surface area contributed by atoms with Gasteiger partial charge in [0.1, 0.15) is 5.82 Å². The molecular weight excluding hydrogens is 259 g/mol. The molecule has 1 aliphatic rings. The zero-order valence-corrected chi connectivity index (χ0v) is 11.3. The Morgan fingerprint density at radius 1 is 1.21 bits per heavy atom. The van der Waals surface area contributed by atoms with E-state index in [2.05, 4.69) is 12.1 Å². The van der Waals surface area contributed by atoms with Gasteiger partial charge in [-0.05, 0) is 41.7 Å². The molecule has 0 radical (unpaired) electrons. The summed E-state index contributed by atoms with van der Waals surface area (Å²) in [4.78, 5) is 0.968. The maximum absolute atomic E-state index is 13.6. The van der Waals surface area contributed by atoms with Gasteiger partial charge in [-0.1, -0.05) is 30.3 Å². The molecular formula is C16H15FOS. The highest BCUT2D eigenvalue weighted by molar-refractivity contribution is 7.98. The largest absolute Gasteiger partial charge is 0.388 e. The first-order chi connectivity index (χ1) is 9.24. The van der Waals surface area contributed by atoms with Crippen LogP contribution in [0.4, 0.5) is 4.39 Å². The topological polar surface area (TPSA) is 20.2 Å². The van der Waals surface area contributed by atoms with Gasteiger partial charge in [0.05, 0.1) is 6.10 Å². The molecule has 0 aromatic heterocycles. The van der Waals surface area contributed by atoms with Crippen LogP contribution in [0, 0.1) is 5.82 Å². The molecule has 0 saturated carbocycles. The molecule has 0 saturated heterocycles. The minimum Gasteiger partial charge on any atom is -0.388 e. The van der Waals surface area contributed by atoms with Crippen molar-refractivity contribution in [1.29, 1.82) is 0 Å². The monoisotopic (exact) mass is 274 g/mol. The fourth-order valence-electron chi connectivity index (χ4n) is 2.50. The third-order valence-electron chi connectivity index (χ3n) is 3.47. The molecule has 0 heterocycles. The molecule has 2 aromatic rings. The summed E-state index contributed by atoms with van der Waals surface area (Å²) < 4.78 is 13.6. The molecule has 0 amide bonds. The third kappa shape index (κ3) is 2.67. The van der Waals surface area contributed by atoms with Crippen molar-refractivity contribution in [3.63, 3.8) is 0 Å². The molecule has 3 heteroatoms. The smallest absolute Gasteiger partial charge is 0.124 e. The van der Waals surface area contributed by atoms with E-state index in [1.807, 2.05) is 18.2 Å². The maximum atomic E-state index is 13.6. The van der Waals surface area contributed by atoms with Gasteiger partial charge in [0.15, 0.2) is 0 Å². The summed E-state index contributed by atoms with van der Waals surface area (Å²) in [5.74, 6) is 0.572. The summed E-state index contributed by atoms with van der Waals surface area (Å²) in [5.41, 5.74) is 3.12. The van der Waals surface area contributed by atoms with E-state index in [1.165, 1.54) is 11.6 Å². The van der Waals surface area contributed by atoms with Crippen LogP contribution in [0.15, 0.2) is 47.4 Å². The molecule has 0 fully saturated rings. The summed E-state index contributed by atoms with van der Waals surface area (Å²) >= 11 is 1.64. The lowest BCUT2D eigenvalue weighted by atomic mass is 10.1. The number of hydrogen-bond donors (Lipinski definition) is 1. The Balaban J connectivity index is 1.84. The van der Waals surface area contributed by atoms with E-state index in [-0.39, 0.29) is 5.82 Å². The van der Waals surface area contributed by atoms with E-state index in [0.717, 1.165) is 28.2 Å². The van der Waals surface area contributed by atoms with Crippen LogP contribution in [0.1, 0.15) is 29.2 Å². The Labute approximate surface area is 116 Å². The normalized spacial score (nSPS) is 17.5. The fraction of sp³-hybridized carbons (Fsp3) is 0.250. The van der Waals surface area contributed by atoms with Crippen molar-refractivity contribution in [2.75, 3.05) is 0 Å². The van der Waals surface area contributed by atoms with Crippen LogP contribution in [-0.4, -0.2) is 5.11 Å². The lowest BCUT2D eigenvalue weighted by molar-refractivity contribution is 0.179. The van der Waals surface area contributed by atoms with E-state index in [1.54, 1.807) is 17.8 Å². The molecule has 0 spiro atoms. The Hall–Kier alpha value is -1.32. The number of hydrogen-bond acceptors (Lipinski definition) is 2. The predicted octanol–water partition coefficient (Wildman–Crippen LogP) is 4.10. The van der Waals surface area contributed by atoms with Gasteiger partial charge in [0.2, 0.25) is 0 Å². The van der Waals surface area contributed by atoms with Crippen LogP contribution in [0.5, 0.6) is 0 Å². The van der Waals surface area contributed by atoms with Crippen molar-refractivity contribution in [2.45, 2.75) is 29.6 Å². The quantitative estimate of drug-likeness (QED) is 0.850. The van der Waals surface area contributed by atoms with Gasteiger partial charge in [-0.3, -0.25) is 0 Å². The highest BCUT2D eigenvalue weighted by Gasteiger charge is 2.24. The average molecular weight is 274 g/mol. The number of fused-ring (bicyclic) bond motifs is 1. The van der Waals surface area contributed by atoms with E-state index in [9.17, 15) is 9.50 Å². The highest BCUT2D eigenvalue weighted by atomic mass is 32.2. The number of rotatable bonds is 3. The first kappa shape index (κ1) is 12.7. The lowest BCUT2D eigenvalue weighted by Gasteiger charge is -2.10. The molecule has 1 aliphatic carbocycles. The van der Waals surface area contributed by atoms with Crippen molar-refractivity contribution in [2.24, 2.45) is 0 Å². The van der Waals surface area contributed by atoms with E-state index in [0.29, 0.717) is 6.42 Å². The zero-order chi connectivity index (χ0) is 13.2. The third-order valence-corrected chi connectivity index (χ3v) is 4.63. The van der Waals surface area contributed by atoms with E-state index in [4.69, 9.17) is 0 Å². The van der Waals surface area contributed by atoms with Gasteiger partial charge in [-0.15, -0.1) is 11.8 Å². The summed E-state index contributed by atoms with van der Waals surface area (Å²) in [6, 6.07) is 13.2. The second kappa shape index (κ2) is 5.35. The van der Waals surface area contributed by atoms with Gasteiger partial charge in [0.25, 0.3) is 0 Å². The Morgan fingerprint density at radius 2 is 2.00 bits per heavy atom. The van der Waals surface area contributed by atoms with Crippen molar-refractivity contribution >= 4 is 11.8 Å². The molecule has 19 heavy (non-hydrogen) atoms. The first-order valence-electron chi connectivity index (χ1n) is 6.41. The van der Waals surface area contributed by atoms with Crippen LogP contribution in [0.25, 0.3) is 0 Å². The number of aliphatic hydroxyl groups is 1.